The SMILES string of the molecule is Clc1ccc(C#Cc2ccccc2OCC#Cc2ccccc2)cc1. The van der Waals surface area contributed by atoms with Gasteiger partial charge in [-0.1, -0.05) is 65.6 Å². The highest BCUT2D eigenvalue weighted by Crippen LogP contribution is 2.17. The molecule has 0 N–H and O–H groups in total. The van der Waals surface area contributed by atoms with Crippen molar-refractivity contribution in [3.63, 3.8) is 0 Å². The molecule has 120 valence electrons. The van der Waals surface area contributed by atoms with Gasteiger partial charge in [-0.15, -0.1) is 0 Å². The van der Waals surface area contributed by atoms with E-state index in [-0.39, 0.29) is 0 Å². The van der Waals surface area contributed by atoms with Crippen LogP contribution in [0.5, 0.6) is 5.75 Å². The molecule has 0 saturated carbocycles. The fourth-order valence-corrected chi connectivity index (χ4v) is 2.27. The van der Waals surface area contributed by atoms with Crippen molar-refractivity contribution in [3.05, 3.63) is 101 Å². The van der Waals surface area contributed by atoms with Gasteiger partial charge in [-0.05, 0) is 48.5 Å². The van der Waals surface area contributed by atoms with Crippen molar-refractivity contribution >= 4 is 11.6 Å². The largest absolute Gasteiger partial charge is 0.480 e. The van der Waals surface area contributed by atoms with Crippen molar-refractivity contribution in [3.8, 4) is 29.4 Å². The maximum atomic E-state index is 5.89. The highest BCUT2D eigenvalue weighted by molar-refractivity contribution is 6.30. The second kappa shape index (κ2) is 8.65. The third-order valence-electron chi connectivity index (χ3n) is 3.38. The number of benzene rings is 3. The van der Waals surface area contributed by atoms with Crippen molar-refractivity contribution in [1.29, 1.82) is 0 Å². The summed E-state index contributed by atoms with van der Waals surface area (Å²) in [6.07, 6.45) is 0. The quantitative estimate of drug-likeness (QED) is 0.584. The molecule has 0 radical (unpaired) electrons. The summed E-state index contributed by atoms with van der Waals surface area (Å²) in [5.41, 5.74) is 2.71. The fraction of sp³-hybridized carbons (Fsp3) is 0.0435. The van der Waals surface area contributed by atoms with E-state index in [0.717, 1.165) is 22.4 Å². The van der Waals surface area contributed by atoms with Gasteiger partial charge < -0.3 is 4.74 Å². The lowest BCUT2D eigenvalue weighted by molar-refractivity contribution is 0.369. The summed E-state index contributed by atoms with van der Waals surface area (Å²) in [6, 6.07) is 25.0. The smallest absolute Gasteiger partial charge is 0.149 e. The molecule has 3 rings (SSSR count). The monoisotopic (exact) mass is 342 g/mol. The molecule has 0 spiro atoms. The third kappa shape index (κ3) is 5.18. The maximum absolute atomic E-state index is 5.89. The second-order valence-corrected chi connectivity index (χ2v) is 5.65. The first-order valence-corrected chi connectivity index (χ1v) is 8.22. The van der Waals surface area contributed by atoms with E-state index in [1.54, 1.807) is 0 Å². The van der Waals surface area contributed by atoms with Gasteiger partial charge in [-0.25, -0.2) is 0 Å². The average molecular weight is 343 g/mol. The van der Waals surface area contributed by atoms with E-state index >= 15 is 0 Å². The molecule has 0 bridgehead atoms. The van der Waals surface area contributed by atoms with E-state index in [2.05, 4.69) is 23.7 Å². The summed E-state index contributed by atoms with van der Waals surface area (Å²) in [4.78, 5) is 0. The number of para-hydroxylation sites is 1. The lowest BCUT2D eigenvalue weighted by Crippen LogP contribution is -1.96. The van der Waals surface area contributed by atoms with Gasteiger partial charge in [0.2, 0.25) is 0 Å². The van der Waals surface area contributed by atoms with Crippen LogP contribution in [0.2, 0.25) is 5.02 Å². The number of ether oxygens (including phenoxy) is 1. The molecule has 3 aromatic rings. The van der Waals surface area contributed by atoms with Crippen LogP contribution in [0.25, 0.3) is 0 Å². The van der Waals surface area contributed by atoms with Crippen LogP contribution >= 0.6 is 11.6 Å². The normalized spacial score (nSPS) is 9.32. The van der Waals surface area contributed by atoms with E-state index < -0.39 is 0 Å². The fourth-order valence-electron chi connectivity index (χ4n) is 2.14. The van der Waals surface area contributed by atoms with Crippen molar-refractivity contribution in [1.82, 2.24) is 0 Å². The minimum atomic E-state index is 0.314. The summed E-state index contributed by atoms with van der Waals surface area (Å²) >= 11 is 5.89. The van der Waals surface area contributed by atoms with Gasteiger partial charge in [0.15, 0.2) is 0 Å². The molecule has 0 saturated heterocycles. The van der Waals surface area contributed by atoms with Gasteiger partial charge in [-0.3, -0.25) is 0 Å². The molecule has 2 heteroatoms. The van der Waals surface area contributed by atoms with Gasteiger partial charge >= 0.3 is 0 Å². The average Bonchev–Trinajstić information content (AvgIpc) is 2.66. The lowest BCUT2D eigenvalue weighted by atomic mass is 10.1. The number of rotatable bonds is 2. The standard InChI is InChI=1S/C23H15ClO/c24-22-16-13-20(14-17-22)12-15-21-10-4-5-11-23(21)25-18-6-9-19-7-2-1-3-8-19/h1-5,7-8,10-11,13-14,16-17H,18H2. The van der Waals surface area contributed by atoms with Crippen LogP contribution in [0.15, 0.2) is 78.9 Å². The van der Waals surface area contributed by atoms with E-state index in [1.165, 1.54) is 0 Å². The van der Waals surface area contributed by atoms with Gasteiger partial charge in [0, 0.05) is 16.1 Å². The number of hydrogen-bond donors (Lipinski definition) is 0. The Morgan fingerprint density at radius 2 is 1.36 bits per heavy atom. The van der Waals surface area contributed by atoms with Crippen molar-refractivity contribution in [2.24, 2.45) is 0 Å². The number of hydrogen-bond acceptors (Lipinski definition) is 1. The Morgan fingerprint density at radius 1 is 0.680 bits per heavy atom. The van der Waals surface area contributed by atoms with Crippen LogP contribution in [0.4, 0.5) is 0 Å². The van der Waals surface area contributed by atoms with E-state index in [9.17, 15) is 0 Å². The Hall–Kier alpha value is -3.13. The minimum absolute atomic E-state index is 0.314. The molecule has 0 aliphatic heterocycles. The molecule has 0 aliphatic rings. The predicted octanol–water partition coefficient (Wildman–Crippen LogP) is 5.17. The molecule has 0 fully saturated rings. The highest BCUT2D eigenvalue weighted by atomic mass is 35.5. The molecule has 0 heterocycles. The summed E-state index contributed by atoms with van der Waals surface area (Å²) in [5.74, 6) is 13.1. The zero-order chi connectivity index (χ0) is 17.3. The molecule has 0 atom stereocenters. The summed E-state index contributed by atoms with van der Waals surface area (Å²) in [7, 11) is 0. The summed E-state index contributed by atoms with van der Waals surface area (Å²) in [5, 5.41) is 0.700. The zero-order valence-electron chi connectivity index (χ0n) is 13.5. The summed E-state index contributed by atoms with van der Waals surface area (Å²) < 4.78 is 5.77. The molecular weight excluding hydrogens is 328 g/mol. The Balaban J connectivity index is 1.69. The first-order chi connectivity index (χ1) is 12.3. The van der Waals surface area contributed by atoms with Gasteiger partial charge in [0.05, 0.1) is 5.56 Å². The van der Waals surface area contributed by atoms with Gasteiger partial charge in [0.1, 0.15) is 12.4 Å². The van der Waals surface area contributed by atoms with E-state index in [4.69, 9.17) is 16.3 Å². The number of halogens is 1. The Labute approximate surface area is 153 Å². The topological polar surface area (TPSA) is 9.23 Å². The first kappa shape index (κ1) is 16.7. The summed E-state index contributed by atoms with van der Waals surface area (Å²) in [6.45, 7) is 0.314. The molecule has 0 aliphatic carbocycles. The minimum Gasteiger partial charge on any atom is -0.480 e. The van der Waals surface area contributed by atoms with Crippen LogP contribution in [-0.2, 0) is 0 Å². The second-order valence-electron chi connectivity index (χ2n) is 5.21. The molecule has 25 heavy (non-hydrogen) atoms. The molecule has 3 aromatic carbocycles. The van der Waals surface area contributed by atoms with Gasteiger partial charge in [-0.2, -0.15) is 0 Å². The van der Waals surface area contributed by atoms with Gasteiger partial charge in [0.25, 0.3) is 0 Å². The van der Waals surface area contributed by atoms with Crippen LogP contribution in [0.1, 0.15) is 16.7 Å². The highest BCUT2D eigenvalue weighted by Gasteiger charge is 1.98. The first-order valence-electron chi connectivity index (χ1n) is 7.84. The van der Waals surface area contributed by atoms with Crippen LogP contribution < -0.4 is 4.74 Å². The van der Waals surface area contributed by atoms with Crippen molar-refractivity contribution in [2.45, 2.75) is 0 Å². The molecule has 1 nitrogen and oxygen atoms in total. The predicted molar refractivity (Wildman–Crippen MR) is 103 cm³/mol. The molecular formula is C23H15ClO. The Bertz CT molecular complexity index is 952. The van der Waals surface area contributed by atoms with Crippen molar-refractivity contribution < 1.29 is 4.74 Å². The Kier molecular flexibility index (Phi) is 5.78. The van der Waals surface area contributed by atoms with Crippen LogP contribution in [0.3, 0.4) is 0 Å². The van der Waals surface area contributed by atoms with E-state index in [0.29, 0.717) is 11.6 Å². The molecule has 0 unspecified atom stereocenters. The van der Waals surface area contributed by atoms with E-state index in [1.807, 2.05) is 78.9 Å². The maximum Gasteiger partial charge on any atom is 0.149 e. The van der Waals surface area contributed by atoms with Crippen LogP contribution in [0, 0.1) is 23.7 Å². The Morgan fingerprint density at radius 3 is 2.16 bits per heavy atom. The van der Waals surface area contributed by atoms with Crippen LogP contribution in [-0.4, -0.2) is 6.61 Å². The van der Waals surface area contributed by atoms with Crippen molar-refractivity contribution in [2.75, 3.05) is 6.61 Å². The third-order valence-corrected chi connectivity index (χ3v) is 3.63. The molecule has 0 amide bonds. The molecule has 0 aromatic heterocycles. The lowest BCUT2D eigenvalue weighted by Gasteiger charge is -2.04. The zero-order valence-corrected chi connectivity index (χ0v) is 14.3.